The number of allylic oxidation sites excluding steroid dienone is 1. The van der Waals surface area contributed by atoms with Crippen LogP contribution in [0.3, 0.4) is 0 Å². The van der Waals surface area contributed by atoms with Gasteiger partial charge in [0.05, 0.1) is 0 Å². The second kappa shape index (κ2) is 5.78. The monoisotopic (exact) mass is 251 g/mol. The molecule has 2 rings (SSSR count). The molecule has 19 heavy (non-hydrogen) atoms. The average molecular weight is 251 g/mol. The quantitative estimate of drug-likeness (QED) is 0.670. The summed E-state index contributed by atoms with van der Waals surface area (Å²) >= 11 is 0. The molecule has 0 bridgehead atoms. The maximum absolute atomic E-state index is 11.9. The van der Waals surface area contributed by atoms with Crippen LogP contribution in [0.5, 0.6) is 0 Å². The van der Waals surface area contributed by atoms with Crippen molar-refractivity contribution < 1.29 is 9.59 Å². The molecule has 1 amide bonds. The fourth-order valence-corrected chi connectivity index (χ4v) is 1.63. The lowest BCUT2D eigenvalue weighted by Crippen LogP contribution is -2.10. The van der Waals surface area contributed by atoms with Gasteiger partial charge in [0.25, 0.3) is 0 Å². The normalized spacial score (nSPS) is 10.5. The van der Waals surface area contributed by atoms with E-state index in [2.05, 4.69) is 0 Å². The first kappa shape index (κ1) is 12.8. The smallest absolute Gasteiger partial charge is 0.248 e. The summed E-state index contributed by atoms with van der Waals surface area (Å²) in [5, 5.41) is 0. The van der Waals surface area contributed by atoms with Gasteiger partial charge in [-0.25, -0.2) is 0 Å². The van der Waals surface area contributed by atoms with E-state index in [0.29, 0.717) is 11.1 Å². The molecule has 0 spiro atoms. The van der Waals surface area contributed by atoms with Crippen LogP contribution in [0.4, 0.5) is 0 Å². The van der Waals surface area contributed by atoms with Crippen LogP contribution in [0.15, 0.2) is 60.7 Å². The number of nitrogens with two attached hydrogens (primary N) is 1. The van der Waals surface area contributed by atoms with E-state index in [1.54, 1.807) is 30.3 Å². The number of carbonyl (C=O) groups is 2. The molecule has 3 nitrogen and oxygen atoms in total. The minimum Gasteiger partial charge on any atom is -0.366 e. The molecule has 2 aromatic rings. The number of benzene rings is 2. The minimum absolute atomic E-state index is 0.111. The van der Waals surface area contributed by atoms with Gasteiger partial charge in [-0.15, -0.1) is 0 Å². The van der Waals surface area contributed by atoms with Crippen molar-refractivity contribution in [3.05, 3.63) is 77.4 Å². The lowest BCUT2D eigenvalue weighted by atomic mass is 10.1. The predicted octanol–water partition coefficient (Wildman–Crippen LogP) is 2.68. The Morgan fingerprint density at radius 2 is 1.42 bits per heavy atom. The highest BCUT2D eigenvalue weighted by molar-refractivity contribution is 6.07. The summed E-state index contributed by atoms with van der Waals surface area (Å²) in [7, 11) is 0. The molecule has 0 saturated carbocycles. The van der Waals surface area contributed by atoms with Gasteiger partial charge < -0.3 is 5.73 Å². The molecule has 3 heteroatoms. The number of rotatable bonds is 4. The van der Waals surface area contributed by atoms with E-state index in [1.807, 2.05) is 30.3 Å². The topological polar surface area (TPSA) is 60.2 Å². The predicted molar refractivity (Wildman–Crippen MR) is 74.8 cm³/mol. The molecule has 0 aromatic heterocycles. The van der Waals surface area contributed by atoms with Crippen LogP contribution in [0, 0.1) is 0 Å². The van der Waals surface area contributed by atoms with E-state index in [1.165, 1.54) is 6.08 Å². The number of primary amides is 1. The van der Waals surface area contributed by atoms with Crippen LogP contribution in [-0.4, -0.2) is 11.7 Å². The van der Waals surface area contributed by atoms with Crippen molar-refractivity contribution in [2.45, 2.75) is 0 Å². The standard InChI is InChI=1S/C16H13NO2/c17-16(19)14-9-7-13(8-10-14)15(18)11-6-12-4-2-1-3-5-12/h1-11H,(H2,17,19). The molecule has 0 atom stereocenters. The van der Waals surface area contributed by atoms with Gasteiger partial charge in [-0.05, 0) is 23.8 Å². The Morgan fingerprint density at radius 1 is 0.842 bits per heavy atom. The molecule has 94 valence electrons. The summed E-state index contributed by atoms with van der Waals surface area (Å²) in [5.41, 5.74) is 7.02. The summed E-state index contributed by atoms with van der Waals surface area (Å²) in [6.45, 7) is 0. The molecule has 0 radical (unpaired) electrons. The van der Waals surface area contributed by atoms with Crippen LogP contribution in [0.1, 0.15) is 26.3 Å². The van der Waals surface area contributed by atoms with Crippen LogP contribution in [0.2, 0.25) is 0 Å². The van der Waals surface area contributed by atoms with Gasteiger partial charge >= 0.3 is 0 Å². The van der Waals surface area contributed by atoms with Crippen molar-refractivity contribution in [3.8, 4) is 0 Å². The van der Waals surface area contributed by atoms with E-state index in [4.69, 9.17) is 5.73 Å². The number of amides is 1. The molecular formula is C16H13NO2. The van der Waals surface area contributed by atoms with Crippen LogP contribution < -0.4 is 5.73 Å². The van der Waals surface area contributed by atoms with Crippen LogP contribution in [-0.2, 0) is 0 Å². The molecule has 2 N–H and O–H groups in total. The van der Waals surface area contributed by atoms with E-state index in [-0.39, 0.29) is 5.78 Å². The Hall–Kier alpha value is -2.68. The number of hydrogen-bond donors (Lipinski definition) is 1. The van der Waals surface area contributed by atoms with Crippen molar-refractivity contribution >= 4 is 17.8 Å². The molecule has 0 aliphatic rings. The van der Waals surface area contributed by atoms with E-state index >= 15 is 0 Å². The Morgan fingerprint density at radius 3 is 2.00 bits per heavy atom. The third kappa shape index (κ3) is 3.39. The van der Waals surface area contributed by atoms with E-state index in [0.717, 1.165) is 5.56 Å². The van der Waals surface area contributed by atoms with E-state index < -0.39 is 5.91 Å². The largest absolute Gasteiger partial charge is 0.366 e. The maximum Gasteiger partial charge on any atom is 0.248 e. The Bertz CT molecular complexity index is 613. The van der Waals surface area contributed by atoms with Crippen LogP contribution >= 0.6 is 0 Å². The first-order valence-electron chi connectivity index (χ1n) is 5.84. The molecule has 0 aliphatic carbocycles. The van der Waals surface area contributed by atoms with Crippen molar-refractivity contribution in [3.63, 3.8) is 0 Å². The summed E-state index contributed by atoms with van der Waals surface area (Å²) in [4.78, 5) is 22.8. The number of hydrogen-bond acceptors (Lipinski definition) is 2. The lowest BCUT2D eigenvalue weighted by Gasteiger charge is -1.98. The zero-order chi connectivity index (χ0) is 13.7. The summed E-state index contributed by atoms with van der Waals surface area (Å²) in [5.74, 6) is -0.612. The molecule has 0 heterocycles. The fourth-order valence-electron chi connectivity index (χ4n) is 1.63. The van der Waals surface area contributed by atoms with Gasteiger partial charge in [-0.3, -0.25) is 9.59 Å². The van der Waals surface area contributed by atoms with Gasteiger partial charge in [0.2, 0.25) is 5.91 Å². The maximum atomic E-state index is 11.9. The first-order valence-corrected chi connectivity index (χ1v) is 5.84. The van der Waals surface area contributed by atoms with Crippen molar-refractivity contribution in [2.24, 2.45) is 5.73 Å². The van der Waals surface area contributed by atoms with E-state index in [9.17, 15) is 9.59 Å². The SMILES string of the molecule is NC(=O)c1ccc(C(=O)C=Cc2ccccc2)cc1. The zero-order valence-electron chi connectivity index (χ0n) is 10.2. The Labute approximate surface area is 111 Å². The van der Waals surface area contributed by atoms with Crippen molar-refractivity contribution in [1.29, 1.82) is 0 Å². The molecule has 2 aromatic carbocycles. The summed E-state index contributed by atoms with van der Waals surface area (Å²) in [6, 6.07) is 15.9. The lowest BCUT2D eigenvalue weighted by molar-refractivity contribution is 0.0997. The minimum atomic E-state index is -0.501. The molecule has 0 aliphatic heterocycles. The van der Waals surface area contributed by atoms with Gasteiger partial charge in [0.1, 0.15) is 0 Å². The van der Waals surface area contributed by atoms with Gasteiger partial charge in [-0.2, -0.15) is 0 Å². The second-order valence-corrected chi connectivity index (χ2v) is 4.05. The van der Waals surface area contributed by atoms with Crippen LogP contribution in [0.25, 0.3) is 6.08 Å². The zero-order valence-corrected chi connectivity index (χ0v) is 10.2. The van der Waals surface area contributed by atoms with Crippen molar-refractivity contribution in [2.75, 3.05) is 0 Å². The van der Waals surface area contributed by atoms with Gasteiger partial charge in [0.15, 0.2) is 5.78 Å². The fraction of sp³-hybridized carbons (Fsp3) is 0. The third-order valence-corrected chi connectivity index (χ3v) is 2.68. The third-order valence-electron chi connectivity index (χ3n) is 2.68. The summed E-state index contributed by atoms with van der Waals surface area (Å²) < 4.78 is 0. The Kier molecular flexibility index (Phi) is 3.88. The van der Waals surface area contributed by atoms with Crippen molar-refractivity contribution in [1.82, 2.24) is 0 Å². The average Bonchev–Trinajstić information content (AvgIpc) is 2.46. The highest BCUT2D eigenvalue weighted by Gasteiger charge is 2.04. The highest BCUT2D eigenvalue weighted by Crippen LogP contribution is 2.07. The molecule has 0 saturated heterocycles. The molecule has 0 unspecified atom stereocenters. The molecular weight excluding hydrogens is 238 g/mol. The summed E-state index contributed by atoms with van der Waals surface area (Å²) in [6.07, 6.45) is 3.26. The van der Waals surface area contributed by atoms with Gasteiger partial charge in [-0.1, -0.05) is 48.5 Å². The molecule has 0 fully saturated rings. The number of ketones is 1. The number of carbonyl (C=O) groups excluding carboxylic acids is 2. The Balaban J connectivity index is 2.12. The second-order valence-electron chi connectivity index (χ2n) is 4.05. The first-order chi connectivity index (χ1) is 9.16. The highest BCUT2D eigenvalue weighted by atomic mass is 16.1. The van der Waals surface area contributed by atoms with Gasteiger partial charge in [0, 0.05) is 11.1 Å².